The van der Waals surface area contributed by atoms with Gasteiger partial charge >= 0.3 is 0 Å². The molecule has 1 aromatic carbocycles. The summed E-state index contributed by atoms with van der Waals surface area (Å²) >= 11 is 9.31. The van der Waals surface area contributed by atoms with E-state index in [1.807, 2.05) is 43.6 Å². The van der Waals surface area contributed by atoms with Gasteiger partial charge in [0.05, 0.1) is 0 Å². The molecule has 2 rings (SSSR count). The predicted octanol–water partition coefficient (Wildman–Crippen LogP) is 4.22. The number of benzene rings is 1. The first-order valence-corrected chi connectivity index (χ1v) is 6.99. The fourth-order valence-corrected chi connectivity index (χ4v) is 2.25. The normalized spacial score (nSPS) is 10.4. The summed E-state index contributed by atoms with van der Waals surface area (Å²) in [5, 5.41) is 0. The van der Waals surface area contributed by atoms with E-state index >= 15 is 0 Å². The average Bonchev–Trinajstić information content (AvgIpc) is 2.41. The summed E-state index contributed by atoms with van der Waals surface area (Å²) in [5.74, 6) is 1.45. The number of aromatic nitrogens is 1. The Labute approximate surface area is 121 Å². The molecule has 0 saturated carbocycles. The topological polar surface area (TPSA) is 16.1 Å². The van der Waals surface area contributed by atoms with Crippen molar-refractivity contribution in [1.29, 1.82) is 0 Å². The van der Waals surface area contributed by atoms with E-state index in [4.69, 9.17) is 11.6 Å². The van der Waals surface area contributed by atoms with Gasteiger partial charge in [0.15, 0.2) is 0 Å². The third-order valence-corrected chi connectivity index (χ3v) is 3.80. The monoisotopic (exact) mass is 324 g/mol. The lowest BCUT2D eigenvalue weighted by atomic mass is 10.2. The Kier molecular flexibility index (Phi) is 4.61. The number of halogens is 2. The number of anilines is 1. The van der Waals surface area contributed by atoms with Crippen molar-refractivity contribution in [3.63, 3.8) is 0 Å². The van der Waals surface area contributed by atoms with Crippen LogP contribution in [0.3, 0.4) is 0 Å². The van der Waals surface area contributed by atoms with Crippen LogP contribution in [0.25, 0.3) is 0 Å². The number of hydrogen-bond acceptors (Lipinski definition) is 2. The molecule has 1 aromatic heterocycles. The first kappa shape index (κ1) is 13.4. The Morgan fingerprint density at radius 1 is 1.22 bits per heavy atom. The molecule has 0 radical (unpaired) electrons. The highest BCUT2D eigenvalue weighted by Gasteiger charge is 2.05. The molecule has 2 aromatic rings. The van der Waals surface area contributed by atoms with Crippen molar-refractivity contribution in [2.45, 2.75) is 12.4 Å². The standard InChI is InChI=1S/C14H14BrClN2/c1-18(10-12-4-2-3-5-13(12)15)14-7-6-11(8-16)9-17-14/h2-7,9H,8,10H2,1H3. The van der Waals surface area contributed by atoms with E-state index in [0.29, 0.717) is 5.88 Å². The smallest absolute Gasteiger partial charge is 0.128 e. The largest absolute Gasteiger partial charge is 0.355 e. The number of alkyl halides is 1. The molecule has 18 heavy (non-hydrogen) atoms. The molecule has 94 valence electrons. The van der Waals surface area contributed by atoms with E-state index in [9.17, 15) is 0 Å². The maximum Gasteiger partial charge on any atom is 0.128 e. The predicted molar refractivity (Wildman–Crippen MR) is 80.0 cm³/mol. The molecule has 0 atom stereocenters. The highest BCUT2D eigenvalue weighted by Crippen LogP contribution is 2.20. The zero-order valence-electron chi connectivity index (χ0n) is 10.1. The van der Waals surface area contributed by atoms with Gasteiger partial charge in [0.1, 0.15) is 5.82 Å². The zero-order chi connectivity index (χ0) is 13.0. The fourth-order valence-electron chi connectivity index (χ4n) is 1.68. The Hall–Kier alpha value is -1.06. The van der Waals surface area contributed by atoms with Crippen LogP contribution in [0.5, 0.6) is 0 Å². The van der Waals surface area contributed by atoms with Gasteiger partial charge in [-0.2, -0.15) is 0 Å². The average molecular weight is 326 g/mol. The van der Waals surface area contributed by atoms with Crippen LogP contribution >= 0.6 is 27.5 Å². The second-order valence-electron chi connectivity index (χ2n) is 4.11. The third-order valence-electron chi connectivity index (χ3n) is 2.72. The highest BCUT2D eigenvalue weighted by molar-refractivity contribution is 9.10. The van der Waals surface area contributed by atoms with E-state index in [2.05, 4.69) is 31.9 Å². The Balaban J connectivity index is 2.11. The molecule has 0 aliphatic rings. The molecule has 0 spiro atoms. The summed E-state index contributed by atoms with van der Waals surface area (Å²) in [7, 11) is 2.03. The summed E-state index contributed by atoms with van der Waals surface area (Å²) in [6, 6.07) is 12.2. The lowest BCUT2D eigenvalue weighted by molar-refractivity contribution is 0.892. The molecule has 0 aliphatic heterocycles. The maximum absolute atomic E-state index is 5.75. The Morgan fingerprint density at radius 3 is 2.61 bits per heavy atom. The molecule has 0 bridgehead atoms. The number of pyridine rings is 1. The summed E-state index contributed by atoms with van der Waals surface area (Å²) in [4.78, 5) is 6.51. The minimum absolute atomic E-state index is 0.501. The van der Waals surface area contributed by atoms with E-state index in [-0.39, 0.29) is 0 Å². The number of hydrogen-bond donors (Lipinski definition) is 0. The number of rotatable bonds is 4. The zero-order valence-corrected chi connectivity index (χ0v) is 12.4. The van der Waals surface area contributed by atoms with E-state index in [0.717, 1.165) is 22.4 Å². The van der Waals surface area contributed by atoms with Crippen molar-refractivity contribution in [3.05, 3.63) is 58.2 Å². The van der Waals surface area contributed by atoms with Crippen LogP contribution in [-0.4, -0.2) is 12.0 Å². The quantitative estimate of drug-likeness (QED) is 0.782. The summed E-state index contributed by atoms with van der Waals surface area (Å²) in [6.45, 7) is 0.814. The van der Waals surface area contributed by atoms with Crippen molar-refractivity contribution < 1.29 is 0 Å². The van der Waals surface area contributed by atoms with Gasteiger partial charge in [0.25, 0.3) is 0 Å². The Bertz CT molecular complexity index is 513. The van der Waals surface area contributed by atoms with Crippen molar-refractivity contribution in [3.8, 4) is 0 Å². The van der Waals surface area contributed by atoms with Crippen LogP contribution in [0.1, 0.15) is 11.1 Å². The molecule has 0 aliphatic carbocycles. The van der Waals surface area contributed by atoms with Crippen LogP contribution < -0.4 is 4.90 Å². The SMILES string of the molecule is CN(Cc1ccccc1Br)c1ccc(CCl)cn1. The van der Waals surface area contributed by atoms with Crippen LogP contribution in [0.4, 0.5) is 5.82 Å². The second-order valence-corrected chi connectivity index (χ2v) is 5.23. The van der Waals surface area contributed by atoms with Crippen molar-refractivity contribution in [2.75, 3.05) is 11.9 Å². The van der Waals surface area contributed by atoms with Gasteiger partial charge in [0, 0.05) is 30.1 Å². The van der Waals surface area contributed by atoms with E-state index in [1.54, 1.807) is 0 Å². The molecule has 0 saturated heterocycles. The summed E-state index contributed by atoms with van der Waals surface area (Å²) in [5.41, 5.74) is 2.28. The molecule has 2 nitrogen and oxygen atoms in total. The van der Waals surface area contributed by atoms with Gasteiger partial charge < -0.3 is 4.90 Å². The minimum atomic E-state index is 0.501. The maximum atomic E-state index is 5.75. The molecular weight excluding hydrogens is 312 g/mol. The van der Waals surface area contributed by atoms with Crippen molar-refractivity contribution in [1.82, 2.24) is 4.98 Å². The second kappa shape index (κ2) is 6.21. The summed E-state index contributed by atoms with van der Waals surface area (Å²) < 4.78 is 1.12. The molecule has 0 N–H and O–H groups in total. The van der Waals surface area contributed by atoms with E-state index in [1.165, 1.54) is 5.56 Å². The van der Waals surface area contributed by atoms with E-state index < -0.39 is 0 Å². The van der Waals surface area contributed by atoms with Gasteiger partial charge in [-0.05, 0) is 23.3 Å². The van der Waals surface area contributed by atoms with Crippen LogP contribution in [0.15, 0.2) is 47.1 Å². The lowest BCUT2D eigenvalue weighted by Crippen LogP contribution is -2.17. The van der Waals surface area contributed by atoms with Crippen molar-refractivity contribution >= 4 is 33.3 Å². The minimum Gasteiger partial charge on any atom is -0.355 e. The molecule has 0 unspecified atom stereocenters. The third kappa shape index (κ3) is 3.24. The molecule has 0 amide bonds. The van der Waals surface area contributed by atoms with Gasteiger partial charge in [-0.15, -0.1) is 11.6 Å². The van der Waals surface area contributed by atoms with Gasteiger partial charge in [-0.1, -0.05) is 40.2 Å². The number of nitrogens with zero attached hydrogens (tertiary/aromatic N) is 2. The van der Waals surface area contributed by atoms with Crippen LogP contribution in [-0.2, 0) is 12.4 Å². The summed E-state index contributed by atoms with van der Waals surface area (Å²) in [6.07, 6.45) is 1.82. The molecule has 0 fully saturated rings. The lowest BCUT2D eigenvalue weighted by Gasteiger charge is -2.19. The van der Waals surface area contributed by atoms with Gasteiger partial charge in [-0.25, -0.2) is 4.98 Å². The molecular formula is C14H14BrClN2. The fraction of sp³-hybridized carbons (Fsp3) is 0.214. The van der Waals surface area contributed by atoms with Crippen LogP contribution in [0.2, 0.25) is 0 Å². The first-order valence-electron chi connectivity index (χ1n) is 5.66. The molecule has 4 heteroatoms. The highest BCUT2D eigenvalue weighted by atomic mass is 79.9. The molecule has 1 heterocycles. The first-order chi connectivity index (χ1) is 8.70. The Morgan fingerprint density at radius 2 is 2.00 bits per heavy atom. The van der Waals surface area contributed by atoms with Crippen molar-refractivity contribution in [2.24, 2.45) is 0 Å². The van der Waals surface area contributed by atoms with Crippen LogP contribution in [0, 0.1) is 0 Å². The van der Waals surface area contributed by atoms with Gasteiger partial charge in [0.2, 0.25) is 0 Å². The van der Waals surface area contributed by atoms with Gasteiger partial charge in [-0.3, -0.25) is 0 Å².